The molecule has 0 bridgehead atoms. The second-order valence-corrected chi connectivity index (χ2v) is 11.6. The Morgan fingerprint density at radius 1 is 0.674 bits per heavy atom. The lowest BCUT2D eigenvalue weighted by atomic mass is 9.99. The standard InChI is InChI=1S/C38H40ClN3O/c1-3-27-8-13-31(14-9-27)32-16-18-33(19-17-32)38(43)42-37(24-29-10-15-30-6-4-5-7-34(30)22-29)26-41-36(25-40-2)23-28-11-20-35(39)21-12-28/h4-22,36-37,40-41H,3,23-26H2,1-2H3,(H,42,43)/t36-,37+/m1/s1. The molecule has 0 aliphatic carbocycles. The van der Waals surface area contributed by atoms with Crippen molar-refractivity contribution in [3.8, 4) is 11.1 Å². The Balaban J connectivity index is 1.31. The minimum atomic E-state index is -0.0977. The van der Waals surface area contributed by atoms with E-state index in [2.05, 4.69) is 102 Å². The van der Waals surface area contributed by atoms with Crippen molar-refractivity contribution in [2.45, 2.75) is 38.3 Å². The van der Waals surface area contributed by atoms with E-state index in [4.69, 9.17) is 11.6 Å². The first-order valence-electron chi connectivity index (χ1n) is 15.1. The van der Waals surface area contributed by atoms with Gasteiger partial charge in [-0.1, -0.05) is 110 Å². The Bertz CT molecular complexity index is 1610. The monoisotopic (exact) mass is 589 g/mol. The van der Waals surface area contributed by atoms with E-state index in [9.17, 15) is 4.79 Å². The minimum absolute atomic E-state index is 0.0664. The number of hydrogen-bond donors (Lipinski definition) is 3. The molecule has 0 aromatic heterocycles. The van der Waals surface area contributed by atoms with Gasteiger partial charge in [-0.3, -0.25) is 4.79 Å². The molecule has 4 nitrogen and oxygen atoms in total. The summed E-state index contributed by atoms with van der Waals surface area (Å²) < 4.78 is 0. The van der Waals surface area contributed by atoms with Crippen LogP contribution in [-0.4, -0.2) is 38.1 Å². The summed E-state index contributed by atoms with van der Waals surface area (Å²) in [7, 11) is 1.96. The number of benzene rings is 5. The van der Waals surface area contributed by atoms with Gasteiger partial charge in [0.05, 0.1) is 0 Å². The molecule has 43 heavy (non-hydrogen) atoms. The zero-order chi connectivity index (χ0) is 30.0. The number of likely N-dealkylation sites (N-methyl/N-ethyl adjacent to an activating group) is 1. The SMILES string of the molecule is CCc1ccc(-c2ccc(C(=O)N[C@H](CN[C@@H](CNC)Cc3ccc(Cl)cc3)Cc3ccc4ccccc4c3)cc2)cc1. The molecule has 0 radical (unpaired) electrons. The topological polar surface area (TPSA) is 53.2 Å². The Morgan fingerprint density at radius 3 is 1.95 bits per heavy atom. The highest BCUT2D eigenvalue weighted by molar-refractivity contribution is 6.30. The molecular weight excluding hydrogens is 550 g/mol. The average Bonchev–Trinajstić information content (AvgIpc) is 3.04. The van der Waals surface area contributed by atoms with Crippen LogP contribution in [0.2, 0.25) is 5.02 Å². The van der Waals surface area contributed by atoms with Gasteiger partial charge in [-0.05, 0) is 89.2 Å². The summed E-state index contributed by atoms with van der Waals surface area (Å²) in [4.78, 5) is 13.5. The van der Waals surface area contributed by atoms with Gasteiger partial charge in [-0.25, -0.2) is 0 Å². The molecule has 0 aliphatic rings. The normalized spacial score (nSPS) is 12.6. The van der Waals surface area contributed by atoms with Crippen molar-refractivity contribution in [1.29, 1.82) is 0 Å². The van der Waals surface area contributed by atoms with Crippen molar-refractivity contribution in [3.63, 3.8) is 0 Å². The van der Waals surface area contributed by atoms with Crippen molar-refractivity contribution in [1.82, 2.24) is 16.0 Å². The van der Waals surface area contributed by atoms with Gasteiger partial charge >= 0.3 is 0 Å². The molecule has 5 aromatic rings. The molecular formula is C38H40ClN3O. The van der Waals surface area contributed by atoms with Crippen LogP contribution in [0.4, 0.5) is 0 Å². The first-order chi connectivity index (χ1) is 21.0. The molecule has 0 saturated heterocycles. The van der Waals surface area contributed by atoms with Crippen LogP contribution in [0.1, 0.15) is 34.0 Å². The number of amides is 1. The molecule has 0 unspecified atom stereocenters. The third-order valence-corrected chi connectivity index (χ3v) is 8.22. The average molecular weight is 590 g/mol. The van der Waals surface area contributed by atoms with Crippen LogP contribution in [0.5, 0.6) is 0 Å². The Kier molecular flexibility index (Phi) is 10.6. The summed E-state index contributed by atoms with van der Waals surface area (Å²) in [6, 6.07) is 39.6. The summed E-state index contributed by atoms with van der Waals surface area (Å²) in [5.74, 6) is -0.0664. The number of hydrogen-bond acceptors (Lipinski definition) is 3. The number of aryl methyl sites for hydroxylation is 1. The van der Waals surface area contributed by atoms with E-state index in [0.717, 1.165) is 42.0 Å². The zero-order valence-electron chi connectivity index (χ0n) is 24.9. The first kappa shape index (κ1) is 30.5. The van der Waals surface area contributed by atoms with E-state index >= 15 is 0 Å². The van der Waals surface area contributed by atoms with E-state index in [1.54, 1.807) is 0 Å². The largest absolute Gasteiger partial charge is 0.348 e. The molecule has 2 atom stereocenters. The van der Waals surface area contributed by atoms with Crippen molar-refractivity contribution in [2.75, 3.05) is 20.1 Å². The molecule has 5 heteroatoms. The van der Waals surface area contributed by atoms with Gasteiger partial charge in [-0.15, -0.1) is 0 Å². The van der Waals surface area contributed by atoms with Crippen LogP contribution in [0.25, 0.3) is 21.9 Å². The van der Waals surface area contributed by atoms with Crippen molar-refractivity contribution in [3.05, 3.63) is 143 Å². The first-order valence-corrected chi connectivity index (χ1v) is 15.5. The van der Waals surface area contributed by atoms with Crippen molar-refractivity contribution in [2.24, 2.45) is 0 Å². The number of nitrogens with one attached hydrogen (secondary N) is 3. The molecule has 3 N–H and O–H groups in total. The van der Waals surface area contributed by atoms with E-state index in [0.29, 0.717) is 12.1 Å². The second-order valence-electron chi connectivity index (χ2n) is 11.2. The lowest BCUT2D eigenvalue weighted by Gasteiger charge is -2.25. The molecule has 0 saturated carbocycles. The summed E-state index contributed by atoms with van der Waals surface area (Å²) in [5, 5.41) is 13.5. The summed E-state index contributed by atoms with van der Waals surface area (Å²) >= 11 is 6.11. The molecule has 0 aliphatic heterocycles. The highest BCUT2D eigenvalue weighted by Crippen LogP contribution is 2.21. The summed E-state index contributed by atoms with van der Waals surface area (Å²) in [5.41, 5.74) is 6.64. The lowest BCUT2D eigenvalue weighted by Crippen LogP contribution is -2.48. The van der Waals surface area contributed by atoms with E-state index < -0.39 is 0 Å². The lowest BCUT2D eigenvalue weighted by molar-refractivity contribution is 0.0935. The van der Waals surface area contributed by atoms with Crippen molar-refractivity contribution < 1.29 is 4.79 Å². The zero-order valence-corrected chi connectivity index (χ0v) is 25.7. The van der Waals surface area contributed by atoms with Gasteiger partial charge in [-0.2, -0.15) is 0 Å². The molecule has 5 aromatic carbocycles. The highest BCUT2D eigenvalue weighted by Gasteiger charge is 2.18. The Hall–Kier alpha value is -3.96. The van der Waals surface area contributed by atoms with Crippen molar-refractivity contribution >= 4 is 28.3 Å². The molecule has 0 spiro atoms. The van der Waals surface area contributed by atoms with Gasteiger partial charge in [0.1, 0.15) is 0 Å². The maximum absolute atomic E-state index is 13.5. The van der Waals surface area contributed by atoms with E-state index in [-0.39, 0.29) is 18.0 Å². The third kappa shape index (κ3) is 8.55. The van der Waals surface area contributed by atoms with Crippen LogP contribution in [-0.2, 0) is 19.3 Å². The predicted octanol–water partition coefficient (Wildman–Crippen LogP) is 7.48. The van der Waals surface area contributed by atoms with Crippen LogP contribution < -0.4 is 16.0 Å². The predicted molar refractivity (Wildman–Crippen MR) is 181 cm³/mol. The molecule has 0 heterocycles. The fraction of sp³-hybridized carbons (Fsp3) is 0.237. The Labute approximate surface area is 260 Å². The van der Waals surface area contributed by atoms with Gasteiger partial charge < -0.3 is 16.0 Å². The van der Waals surface area contributed by atoms with Crippen LogP contribution in [0.15, 0.2) is 115 Å². The smallest absolute Gasteiger partial charge is 0.251 e. The quantitative estimate of drug-likeness (QED) is 0.133. The number of halogens is 1. The second kappa shape index (κ2) is 15.0. The number of rotatable bonds is 13. The fourth-order valence-corrected chi connectivity index (χ4v) is 5.64. The number of carbonyl (C=O) groups is 1. The van der Waals surface area contributed by atoms with E-state index in [1.165, 1.54) is 27.5 Å². The van der Waals surface area contributed by atoms with Gasteiger partial charge in [0.2, 0.25) is 0 Å². The Morgan fingerprint density at radius 2 is 1.28 bits per heavy atom. The maximum Gasteiger partial charge on any atom is 0.251 e. The molecule has 0 fully saturated rings. The van der Waals surface area contributed by atoms with Crippen LogP contribution >= 0.6 is 11.6 Å². The maximum atomic E-state index is 13.5. The van der Waals surface area contributed by atoms with Gasteiger partial charge in [0.25, 0.3) is 5.91 Å². The van der Waals surface area contributed by atoms with Crippen LogP contribution in [0.3, 0.4) is 0 Å². The summed E-state index contributed by atoms with van der Waals surface area (Å²) in [6.45, 7) is 3.60. The third-order valence-electron chi connectivity index (χ3n) is 7.97. The summed E-state index contributed by atoms with van der Waals surface area (Å²) in [6.07, 6.45) is 2.60. The minimum Gasteiger partial charge on any atom is -0.348 e. The highest BCUT2D eigenvalue weighted by atomic mass is 35.5. The fourth-order valence-electron chi connectivity index (χ4n) is 5.52. The molecule has 1 amide bonds. The van der Waals surface area contributed by atoms with Gasteiger partial charge in [0, 0.05) is 35.8 Å². The van der Waals surface area contributed by atoms with Crippen LogP contribution in [0, 0.1) is 0 Å². The number of fused-ring (bicyclic) bond motifs is 1. The molecule has 5 rings (SSSR count). The van der Waals surface area contributed by atoms with E-state index in [1.807, 2.05) is 43.4 Å². The number of carbonyl (C=O) groups excluding carboxylic acids is 1. The molecule has 220 valence electrons. The van der Waals surface area contributed by atoms with Gasteiger partial charge in [0.15, 0.2) is 0 Å².